The molecule has 0 aliphatic carbocycles. The lowest BCUT2D eigenvalue weighted by atomic mass is 10.1. The average molecular weight is 368 g/mol. The largest absolute Gasteiger partial charge is 0.451 e. The van der Waals surface area contributed by atoms with Gasteiger partial charge in [-0.1, -0.05) is 12.1 Å². The van der Waals surface area contributed by atoms with Gasteiger partial charge in [0, 0.05) is 36.6 Å². The molecule has 0 radical (unpaired) electrons. The van der Waals surface area contributed by atoms with Crippen LogP contribution in [0.25, 0.3) is 11.0 Å². The molecule has 0 bridgehead atoms. The first-order valence-corrected chi connectivity index (χ1v) is 9.60. The highest BCUT2D eigenvalue weighted by Gasteiger charge is 2.22. The fourth-order valence-electron chi connectivity index (χ4n) is 3.32. The molecular weight excluding hydrogens is 348 g/mol. The van der Waals surface area contributed by atoms with E-state index >= 15 is 0 Å². The summed E-state index contributed by atoms with van der Waals surface area (Å²) in [4.78, 5) is 28.4. The van der Waals surface area contributed by atoms with Crippen LogP contribution in [0, 0.1) is 0 Å². The molecule has 1 aliphatic heterocycles. The van der Waals surface area contributed by atoms with Crippen molar-refractivity contribution in [1.29, 1.82) is 0 Å². The third kappa shape index (κ3) is 3.30. The van der Waals surface area contributed by atoms with Crippen LogP contribution in [0.5, 0.6) is 0 Å². The monoisotopic (exact) mass is 368 g/mol. The van der Waals surface area contributed by atoms with Gasteiger partial charge < -0.3 is 9.73 Å². The number of amides is 1. The van der Waals surface area contributed by atoms with E-state index in [1.54, 1.807) is 24.3 Å². The topological polar surface area (TPSA) is 62.6 Å². The Bertz CT molecular complexity index is 1010. The van der Waals surface area contributed by atoms with E-state index in [2.05, 4.69) is 28.6 Å². The Balaban J connectivity index is 1.42. The van der Waals surface area contributed by atoms with E-state index in [0.29, 0.717) is 17.5 Å². The minimum absolute atomic E-state index is 0.0552. The maximum atomic E-state index is 12.4. The number of nitrogens with one attached hydrogen (secondary N) is 1. The van der Waals surface area contributed by atoms with Crippen molar-refractivity contribution in [3.8, 4) is 0 Å². The third-order valence-electron chi connectivity index (χ3n) is 4.88. The Morgan fingerprint density at radius 3 is 3.08 bits per heavy atom. The summed E-state index contributed by atoms with van der Waals surface area (Å²) in [6.07, 6.45) is 1.06. The van der Waals surface area contributed by atoms with E-state index in [0.717, 1.165) is 19.5 Å². The molecular formula is C20H20N2O3S. The number of benzene rings is 1. The van der Waals surface area contributed by atoms with E-state index in [1.165, 1.54) is 16.5 Å². The summed E-state index contributed by atoms with van der Waals surface area (Å²) in [5, 5.41) is 5.52. The smallest absolute Gasteiger partial charge is 0.287 e. The van der Waals surface area contributed by atoms with Gasteiger partial charge in [-0.25, -0.2) is 0 Å². The van der Waals surface area contributed by atoms with Crippen LogP contribution in [-0.2, 0) is 13.0 Å². The third-order valence-corrected chi connectivity index (χ3v) is 5.90. The maximum absolute atomic E-state index is 12.4. The summed E-state index contributed by atoms with van der Waals surface area (Å²) in [6.45, 7) is 4.53. The van der Waals surface area contributed by atoms with Gasteiger partial charge in [0.15, 0.2) is 11.2 Å². The normalized spacial score (nSPS) is 15.6. The van der Waals surface area contributed by atoms with Gasteiger partial charge >= 0.3 is 0 Å². The van der Waals surface area contributed by atoms with Gasteiger partial charge in [-0.3, -0.25) is 14.5 Å². The van der Waals surface area contributed by atoms with E-state index < -0.39 is 0 Å². The highest BCUT2D eigenvalue weighted by molar-refractivity contribution is 7.10. The van der Waals surface area contributed by atoms with Gasteiger partial charge in [0.05, 0.1) is 5.39 Å². The molecule has 3 aromatic rings. The van der Waals surface area contributed by atoms with Crippen LogP contribution in [0.3, 0.4) is 0 Å². The van der Waals surface area contributed by atoms with Gasteiger partial charge in [0.1, 0.15) is 5.58 Å². The molecule has 0 saturated carbocycles. The summed E-state index contributed by atoms with van der Waals surface area (Å²) in [5.41, 5.74) is 1.62. The summed E-state index contributed by atoms with van der Waals surface area (Å²) in [7, 11) is 0. The van der Waals surface area contributed by atoms with Crippen molar-refractivity contribution in [2.45, 2.75) is 25.9 Å². The van der Waals surface area contributed by atoms with Crippen LogP contribution in [-0.4, -0.2) is 29.9 Å². The van der Waals surface area contributed by atoms with Gasteiger partial charge in [-0.15, -0.1) is 11.3 Å². The van der Waals surface area contributed by atoms with Gasteiger partial charge in [0.2, 0.25) is 0 Å². The second-order valence-electron chi connectivity index (χ2n) is 6.62. The molecule has 1 aliphatic rings. The number of nitrogens with zero attached hydrogens (tertiary/aromatic N) is 1. The Morgan fingerprint density at radius 1 is 1.35 bits per heavy atom. The molecule has 4 rings (SSSR count). The lowest BCUT2D eigenvalue weighted by Gasteiger charge is -2.32. The predicted molar refractivity (Wildman–Crippen MR) is 103 cm³/mol. The molecule has 0 spiro atoms. The van der Waals surface area contributed by atoms with Crippen LogP contribution in [0.1, 0.15) is 27.9 Å². The van der Waals surface area contributed by atoms with Crippen molar-refractivity contribution in [3.05, 3.63) is 68.2 Å². The van der Waals surface area contributed by atoms with E-state index in [9.17, 15) is 9.59 Å². The van der Waals surface area contributed by atoms with Gasteiger partial charge in [-0.05, 0) is 42.5 Å². The van der Waals surface area contributed by atoms with Crippen molar-refractivity contribution >= 4 is 28.2 Å². The molecule has 6 heteroatoms. The van der Waals surface area contributed by atoms with Gasteiger partial charge in [-0.2, -0.15) is 0 Å². The highest BCUT2D eigenvalue weighted by atomic mass is 32.1. The van der Waals surface area contributed by atoms with E-state index in [4.69, 9.17) is 4.42 Å². The van der Waals surface area contributed by atoms with Crippen molar-refractivity contribution < 1.29 is 9.21 Å². The van der Waals surface area contributed by atoms with Crippen LogP contribution in [0.2, 0.25) is 0 Å². The second kappa shape index (κ2) is 7.05. The highest BCUT2D eigenvalue weighted by Crippen LogP contribution is 2.25. The number of thiophene rings is 1. The second-order valence-corrected chi connectivity index (χ2v) is 7.62. The molecule has 1 N–H and O–H groups in total. The molecule has 5 nitrogen and oxygen atoms in total. The zero-order chi connectivity index (χ0) is 18.1. The zero-order valence-corrected chi connectivity index (χ0v) is 15.3. The molecule has 1 aromatic carbocycles. The lowest BCUT2D eigenvalue weighted by molar-refractivity contribution is 0.0905. The summed E-state index contributed by atoms with van der Waals surface area (Å²) >= 11 is 1.82. The number of carbonyl (C=O) groups excluding carboxylic acids is 1. The molecule has 1 amide bonds. The first-order valence-electron chi connectivity index (χ1n) is 8.72. The van der Waals surface area contributed by atoms with Crippen molar-refractivity contribution in [2.75, 3.05) is 13.1 Å². The lowest BCUT2D eigenvalue weighted by Crippen LogP contribution is -2.44. The number of carbonyl (C=O) groups is 1. The molecule has 134 valence electrons. The van der Waals surface area contributed by atoms with Gasteiger partial charge in [0.25, 0.3) is 5.91 Å². The van der Waals surface area contributed by atoms with Crippen LogP contribution in [0.15, 0.2) is 51.0 Å². The fourth-order valence-corrected chi connectivity index (χ4v) is 4.21. The van der Waals surface area contributed by atoms with Crippen molar-refractivity contribution in [3.63, 3.8) is 0 Å². The number of para-hydroxylation sites is 1. The Kier molecular flexibility index (Phi) is 4.61. The Labute approximate surface area is 155 Å². The molecule has 0 unspecified atom stereocenters. The maximum Gasteiger partial charge on any atom is 0.287 e. The molecule has 26 heavy (non-hydrogen) atoms. The fraction of sp³-hybridized carbons (Fsp3) is 0.300. The molecule has 1 atom stereocenters. The van der Waals surface area contributed by atoms with Crippen LogP contribution >= 0.6 is 11.3 Å². The summed E-state index contributed by atoms with van der Waals surface area (Å²) < 4.78 is 5.59. The number of rotatable bonds is 4. The number of hydrogen-bond acceptors (Lipinski definition) is 5. The SMILES string of the molecule is C[C@H](CNC(=O)c1cc(=O)c2ccccc2o1)N1CCc2sccc2C1. The van der Waals surface area contributed by atoms with Crippen molar-refractivity contribution in [1.82, 2.24) is 10.2 Å². The van der Waals surface area contributed by atoms with Crippen molar-refractivity contribution in [2.24, 2.45) is 0 Å². The Hall–Kier alpha value is -2.44. The number of fused-ring (bicyclic) bond motifs is 2. The molecule has 0 saturated heterocycles. The first kappa shape index (κ1) is 17.0. The first-order chi connectivity index (χ1) is 12.6. The van der Waals surface area contributed by atoms with E-state index in [-0.39, 0.29) is 23.1 Å². The molecule has 0 fully saturated rings. The van der Waals surface area contributed by atoms with Crippen LogP contribution < -0.4 is 10.7 Å². The summed E-state index contributed by atoms with van der Waals surface area (Å²) in [5.74, 6) is -0.299. The molecule has 3 heterocycles. The summed E-state index contributed by atoms with van der Waals surface area (Å²) in [6, 6.07) is 10.6. The predicted octanol–water partition coefficient (Wildman–Crippen LogP) is 3.03. The average Bonchev–Trinajstić information content (AvgIpc) is 3.13. The van der Waals surface area contributed by atoms with E-state index in [1.807, 2.05) is 11.3 Å². The minimum atomic E-state index is -0.354. The Morgan fingerprint density at radius 2 is 2.19 bits per heavy atom. The number of hydrogen-bond donors (Lipinski definition) is 1. The zero-order valence-electron chi connectivity index (χ0n) is 14.5. The molecule has 2 aromatic heterocycles. The quantitative estimate of drug-likeness (QED) is 0.769. The minimum Gasteiger partial charge on any atom is -0.451 e. The van der Waals surface area contributed by atoms with Crippen LogP contribution in [0.4, 0.5) is 0 Å². The standard InChI is InChI=1S/C20H20N2O3S/c1-13(22-8-6-19-14(12-22)7-9-26-19)11-21-20(24)18-10-16(23)15-4-2-3-5-17(15)25-18/h2-5,7,9-10,13H,6,8,11-12H2,1H3,(H,21,24)/t13-/m1/s1.